The van der Waals surface area contributed by atoms with Crippen molar-refractivity contribution in [1.29, 1.82) is 0 Å². The molecule has 0 saturated heterocycles. The van der Waals surface area contributed by atoms with Gasteiger partial charge in [0.25, 0.3) is 0 Å². The summed E-state index contributed by atoms with van der Waals surface area (Å²) in [4.78, 5) is 19.6. The van der Waals surface area contributed by atoms with E-state index in [9.17, 15) is 9.59 Å². The number of carbonyl (C=O) groups is 1. The number of amides is 2. The van der Waals surface area contributed by atoms with Gasteiger partial charge in [-0.15, -0.1) is 0 Å². The minimum atomic E-state index is -0.815. The number of ether oxygens (including phenoxy) is 1. The summed E-state index contributed by atoms with van der Waals surface area (Å²) < 4.78 is 4.30. The molecule has 0 fully saturated rings. The van der Waals surface area contributed by atoms with Gasteiger partial charge in [0.15, 0.2) is 0 Å². The zero-order valence-corrected chi connectivity index (χ0v) is 4.72. The first kappa shape index (κ1) is 7.68. The van der Waals surface area contributed by atoms with Crippen molar-refractivity contribution in [2.45, 2.75) is 0 Å². The largest absolute Gasteiger partial charge is 0.445 e. The third-order valence-electron chi connectivity index (χ3n) is 0.485. The second kappa shape index (κ2) is 4.83. The fraction of sp³-hybridized carbons (Fsp3) is 0.200. The zero-order valence-electron chi connectivity index (χ0n) is 4.72. The highest BCUT2D eigenvalue weighted by atomic mass is 16.5. The normalized spacial score (nSPS) is 7.56. The number of carbonyl (C=O) groups excluding carboxylic acids is 2. The number of imide groups is 1. The van der Waals surface area contributed by atoms with Crippen LogP contribution in [0.1, 0.15) is 0 Å². The molecule has 1 radical (unpaired) electrons. The molecule has 1 N–H and O–H groups in total. The molecule has 0 spiro atoms. The van der Waals surface area contributed by atoms with Crippen molar-refractivity contribution in [3.63, 3.8) is 0 Å². The summed E-state index contributed by atoms with van der Waals surface area (Å²) in [5.74, 6) is 0. The monoisotopic (exact) mass is 128 g/mol. The molecule has 0 unspecified atom stereocenters. The molecule has 0 aromatic heterocycles. The second-order valence-corrected chi connectivity index (χ2v) is 1.11. The van der Waals surface area contributed by atoms with E-state index in [2.05, 4.69) is 11.3 Å². The van der Waals surface area contributed by atoms with Crippen LogP contribution in [0.2, 0.25) is 0 Å². The summed E-state index contributed by atoms with van der Waals surface area (Å²) in [7, 11) is 0. The zero-order chi connectivity index (χ0) is 7.11. The smallest absolute Gasteiger partial charge is 0.414 e. The predicted molar refractivity (Wildman–Crippen MR) is 30.4 cm³/mol. The Balaban J connectivity index is 3.26. The van der Waals surface area contributed by atoms with Gasteiger partial charge in [-0.3, -0.25) is 10.1 Å². The number of nitrogens with one attached hydrogen (secondary N) is 1. The molecule has 49 valence electrons. The van der Waals surface area contributed by atoms with Crippen LogP contribution in [0.25, 0.3) is 0 Å². The lowest BCUT2D eigenvalue weighted by molar-refractivity contribution is 0.163. The van der Waals surface area contributed by atoms with Gasteiger partial charge in [0.1, 0.15) is 6.61 Å². The van der Waals surface area contributed by atoms with E-state index in [-0.39, 0.29) is 6.61 Å². The molecule has 4 heteroatoms. The van der Waals surface area contributed by atoms with E-state index >= 15 is 0 Å². The Bertz CT molecular complexity index is 121. The Kier molecular flexibility index (Phi) is 4.12. The van der Waals surface area contributed by atoms with Crippen LogP contribution in [0.15, 0.2) is 12.7 Å². The highest BCUT2D eigenvalue weighted by Crippen LogP contribution is 1.74. The molecule has 0 aromatic rings. The summed E-state index contributed by atoms with van der Waals surface area (Å²) in [5, 5.41) is 1.67. The molecule has 0 aromatic carbocycles. The molecule has 0 heterocycles. The van der Waals surface area contributed by atoms with Crippen LogP contribution in [-0.2, 0) is 9.53 Å². The first-order valence-electron chi connectivity index (χ1n) is 2.22. The summed E-state index contributed by atoms with van der Waals surface area (Å²) >= 11 is 0. The summed E-state index contributed by atoms with van der Waals surface area (Å²) in [6.45, 7) is 3.38. The lowest BCUT2D eigenvalue weighted by Crippen LogP contribution is -2.22. The Morgan fingerprint density at radius 3 is 3.00 bits per heavy atom. The van der Waals surface area contributed by atoms with Crippen LogP contribution >= 0.6 is 0 Å². The minimum Gasteiger partial charge on any atom is -0.445 e. The number of hydrogen-bond acceptors (Lipinski definition) is 3. The first-order valence-corrected chi connectivity index (χ1v) is 2.22. The Labute approximate surface area is 52.5 Å². The van der Waals surface area contributed by atoms with Gasteiger partial charge in [-0.25, -0.2) is 4.79 Å². The lowest BCUT2D eigenvalue weighted by atomic mass is 10.7. The van der Waals surface area contributed by atoms with Gasteiger partial charge in [-0.1, -0.05) is 12.7 Å². The molecule has 0 aliphatic carbocycles. The minimum absolute atomic E-state index is 0.0908. The molecule has 0 aliphatic heterocycles. The number of rotatable bonds is 3. The van der Waals surface area contributed by atoms with Crippen LogP contribution in [0.5, 0.6) is 0 Å². The molecular formula is C5H6NO3. The Morgan fingerprint density at radius 1 is 1.89 bits per heavy atom. The van der Waals surface area contributed by atoms with Crippen molar-refractivity contribution in [2.24, 2.45) is 0 Å². The van der Waals surface area contributed by atoms with E-state index in [1.807, 2.05) is 0 Å². The highest BCUT2D eigenvalue weighted by molar-refractivity contribution is 5.79. The molecule has 2 amide bonds. The van der Waals surface area contributed by atoms with Gasteiger partial charge in [-0.2, -0.15) is 0 Å². The van der Waals surface area contributed by atoms with Crippen LogP contribution < -0.4 is 5.32 Å². The molecule has 0 bridgehead atoms. The maximum atomic E-state index is 10.2. The predicted octanol–water partition coefficient (Wildman–Crippen LogP) is -0.0342. The van der Waals surface area contributed by atoms with Gasteiger partial charge in [0.2, 0.25) is 0 Å². The maximum Gasteiger partial charge on any atom is 0.414 e. The van der Waals surface area contributed by atoms with Crippen LogP contribution in [0.4, 0.5) is 4.79 Å². The quantitative estimate of drug-likeness (QED) is 0.428. The van der Waals surface area contributed by atoms with Crippen molar-refractivity contribution >= 4 is 12.5 Å². The highest BCUT2D eigenvalue weighted by Gasteiger charge is 1.95. The van der Waals surface area contributed by atoms with Crippen molar-refractivity contribution < 1.29 is 14.3 Å². The fourth-order valence-electron chi connectivity index (χ4n) is 0.212. The third kappa shape index (κ3) is 4.53. The van der Waals surface area contributed by atoms with Gasteiger partial charge >= 0.3 is 12.5 Å². The van der Waals surface area contributed by atoms with Crippen LogP contribution in [0.3, 0.4) is 0 Å². The number of alkyl carbamates (subject to hydrolysis) is 1. The second-order valence-electron chi connectivity index (χ2n) is 1.11. The fourth-order valence-corrected chi connectivity index (χ4v) is 0.212. The van der Waals surface area contributed by atoms with E-state index in [0.717, 1.165) is 0 Å². The number of hydrogen-bond donors (Lipinski definition) is 1. The SMILES string of the molecule is C=CCOC(=O)N[C]=O. The maximum absolute atomic E-state index is 10.2. The van der Waals surface area contributed by atoms with Crippen molar-refractivity contribution in [3.05, 3.63) is 12.7 Å². The summed E-state index contributed by atoms with van der Waals surface area (Å²) in [5.41, 5.74) is 0. The topological polar surface area (TPSA) is 55.4 Å². The summed E-state index contributed by atoms with van der Waals surface area (Å²) in [6.07, 6.45) is 1.75. The van der Waals surface area contributed by atoms with E-state index in [1.165, 1.54) is 12.5 Å². The Hall–Kier alpha value is -1.32. The van der Waals surface area contributed by atoms with Gasteiger partial charge in [-0.05, 0) is 0 Å². The third-order valence-corrected chi connectivity index (χ3v) is 0.485. The standard InChI is InChI=1S/C5H6NO3/c1-2-3-9-5(8)6-4-7/h2H,1,3H2,(H,6,7,8). The lowest BCUT2D eigenvalue weighted by Gasteiger charge is -1.95. The van der Waals surface area contributed by atoms with E-state index < -0.39 is 6.09 Å². The first-order chi connectivity index (χ1) is 4.31. The van der Waals surface area contributed by atoms with Crippen molar-refractivity contribution in [3.8, 4) is 0 Å². The molecule has 0 atom stereocenters. The van der Waals surface area contributed by atoms with Crippen LogP contribution in [-0.4, -0.2) is 19.1 Å². The molecular weight excluding hydrogens is 122 g/mol. The van der Waals surface area contributed by atoms with E-state index in [0.29, 0.717) is 0 Å². The molecule has 9 heavy (non-hydrogen) atoms. The molecule has 0 saturated carbocycles. The average Bonchev–Trinajstić information content (AvgIpc) is 1.85. The molecule has 4 nitrogen and oxygen atoms in total. The van der Waals surface area contributed by atoms with Crippen molar-refractivity contribution in [2.75, 3.05) is 6.61 Å². The Morgan fingerprint density at radius 2 is 2.56 bits per heavy atom. The van der Waals surface area contributed by atoms with E-state index in [1.54, 1.807) is 5.32 Å². The molecule has 0 aliphatic rings. The van der Waals surface area contributed by atoms with Gasteiger partial charge < -0.3 is 4.74 Å². The van der Waals surface area contributed by atoms with Crippen molar-refractivity contribution in [1.82, 2.24) is 5.32 Å². The van der Waals surface area contributed by atoms with E-state index in [4.69, 9.17) is 0 Å². The molecule has 0 rings (SSSR count). The van der Waals surface area contributed by atoms with Crippen LogP contribution in [0, 0.1) is 0 Å². The average molecular weight is 128 g/mol. The van der Waals surface area contributed by atoms with Gasteiger partial charge in [0.05, 0.1) is 0 Å². The van der Waals surface area contributed by atoms with Gasteiger partial charge in [0, 0.05) is 0 Å². The summed E-state index contributed by atoms with van der Waals surface area (Å²) in [6, 6.07) is 0.